The molecular formula is C13H27NO2. The first-order chi connectivity index (χ1) is 7.68. The largest absolute Gasteiger partial charge is 0.379 e. The van der Waals surface area contributed by atoms with Crippen molar-refractivity contribution in [2.45, 2.75) is 52.2 Å². The highest BCUT2D eigenvalue weighted by atomic mass is 16.5. The monoisotopic (exact) mass is 229 g/mol. The van der Waals surface area contributed by atoms with Crippen molar-refractivity contribution >= 4 is 0 Å². The molecule has 1 aliphatic heterocycles. The molecule has 0 spiro atoms. The summed E-state index contributed by atoms with van der Waals surface area (Å²) in [5.41, 5.74) is 0. The Hall–Kier alpha value is -0.120. The van der Waals surface area contributed by atoms with Crippen LogP contribution in [-0.2, 0) is 9.47 Å². The molecule has 1 saturated heterocycles. The smallest absolute Gasteiger partial charge is 0.0831 e. The van der Waals surface area contributed by atoms with Gasteiger partial charge in [-0.2, -0.15) is 0 Å². The third-order valence-electron chi connectivity index (χ3n) is 3.01. The van der Waals surface area contributed by atoms with Crippen molar-refractivity contribution in [3.8, 4) is 0 Å². The highest BCUT2D eigenvalue weighted by molar-refractivity contribution is 4.65. The predicted molar refractivity (Wildman–Crippen MR) is 66.7 cm³/mol. The average molecular weight is 229 g/mol. The third-order valence-corrected chi connectivity index (χ3v) is 3.01. The van der Waals surface area contributed by atoms with Crippen LogP contribution in [0.2, 0.25) is 0 Å². The van der Waals surface area contributed by atoms with Gasteiger partial charge < -0.3 is 14.8 Å². The molecular weight excluding hydrogens is 202 g/mol. The van der Waals surface area contributed by atoms with E-state index in [9.17, 15) is 0 Å². The van der Waals surface area contributed by atoms with Crippen LogP contribution in [0.1, 0.15) is 40.0 Å². The van der Waals surface area contributed by atoms with Gasteiger partial charge in [0.05, 0.1) is 19.3 Å². The van der Waals surface area contributed by atoms with Gasteiger partial charge in [0.2, 0.25) is 0 Å². The van der Waals surface area contributed by atoms with Crippen molar-refractivity contribution in [3.05, 3.63) is 0 Å². The van der Waals surface area contributed by atoms with Gasteiger partial charge in [-0.3, -0.25) is 0 Å². The molecule has 1 N–H and O–H groups in total. The van der Waals surface area contributed by atoms with E-state index in [4.69, 9.17) is 9.47 Å². The fourth-order valence-corrected chi connectivity index (χ4v) is 1.86. The Labute approximate surface area is 99.9 Å². The van der Waals surface area contributed by atoms with Crippen LogP contribution in [-0.4, -0.2) is 38.5 Å². The molecule has 3 nitrogen and oxygen atoms in total. The fourth-order valence-electron chi connectivity index (χ4n) is 1.86. The molecule has 2 unspecified atom stereocenters. The summed E-state index contributed by atoms with van der Waals surface area (Å²) < 4.78 is 10.9. The zero-order valence-corrected chi connectivity index (χ0v) is 11.0. The second kappa shape index (κ2) is 8.04. The van der Waals surface area contributed by atoms with Crippen LogP contribution >= 0.6 is 0 Å². The lowest BCUT2D eigenvalue weighted by atomic mass is 10.0. The Morgan fingerprint density at radius 1 is 1.31 bits per heavy atom. The predicted octanol–water partition coefficient (Wildman–Crippen LogP) is 2.21. The first kappa shape index (κ1) is 13.9. The van der Waals surface area contributed by atoms with Crippen molar-refractivity contribution in [3.63, 3.8) is 0 Å². The number of ether oxygens (including phenoxy) is 2. The fraction of sp³-hybridized carbons (Fsp3) is 1.00. The van der Waals surface area contributed by atoms with Gasteiger partial charge in [-0.05, 0) is 32.1 Å². The summed E-state index contributed by atoms with van der Waals surface area (Å²) in [6.07, 6.45) is 3.95. The lowest BCUT2D eigenvalue weighted by molar-refractivity contribution is 0.0436. The molecule has 96 valence electrons. The average Bonchev–Trinajstić information content (AvgIpc) is 2.74. The number of nitrogens with one attached hydrogen (secondary N) is 1. The molecule has 3 heteroatoms. The van der Waals surface area contributed by atoms with E-state index >= 15 is 0 Å². The Bertz CT molecular complexity index is 167. The molecule has 0 saturated carbocycles. The Morgan fingerprint density at radius 3 is 2.75 bits per heavy atom. The van der Waals surface area contributed by atoms with Crippen LogP contribution in [0.4, 0.5) is 0 Å². The SMILES string of the molecule is CC(C)CCC(C)NCCOC1CCOC1. The maximum Gasteiger partial charge on any atom is 0.0831 e. The third kappa shape index (κ3) is 6.46. The summed E-state index contributed by atoms with van der Waals surface area (Å²) in [5.74, 6) is 0.802. The summed E-state index contributed by atoms with van der Waals surface area (Å²) >= 11 is 0. The first-order valence-electron chi connectivity index (χ1n) is 6.61. The van der Waals surface area contributed by atoms with E-state index in [1.807, 2.05) is 0 Å². The summed E-state index contributed by atoms with van der Waals surface area (Å²) in [6, 6.07) is 0.603. The highest BCUT2D eigenvalue weighted by Crippen LogP contribution is 2.08. The van der Waals surface area contributed by atoms with E-state index in [2.05, 4.69) is 26.1 Å². The summed E-state index contributed by atoms with van der Waals surface area (Å²) in [6.45, 7) is 10.2. The van der Waals surface area contributed by atoms with Gasteiger partial charge in [0.15, 0.2) is 0 Å². The minimum absolute atomic E-state index is 0.341. The molecule has 0 aliphatic carbocycles. The standard InChI is InChI=1S/C13H27NO2/c1-11(2)4-5-12(3)14-7-9-16-13-6-8-15-10-13/h11-14H,4-10H2,1-3H3. The lowest BCUT2D eigenvalue weighted by Gasteiger charge is -2.16. The molecule has 0 aromatic carbocycles. The summed E-state index contributed by atoms with van der Waals surface area (Å²) in [4.78, 5) is 0. The molecule has 0 aromatic rings. The maximum absolute atomic E-state index is 5.69. The van der Waals surface area contributed by atoms with Gasteiger partial charge in [0, 0.05) is 19.2 Å². The van der Waals surface area contributed by atoms with E-state index in [1.54, 1.807) is 0 Å². The molecule has 0 radical (unpaired) electrons. The molecule has 1 heterocycles. The minimum Gasteiger partial charge on any atom is -0.379 e. The zero-order valence-electron chi connectivity index (χ0n) is 11.0. The van der Waals surface area contributed by atoms with E-state index in [-0.39, 0.29) is 0 Å². The van der Waals surface area contributed by atoms with Crippen molar-refractivity contribution in [1.29, 1.82) is 0 Å². The quantitative estimate of drug-likeness (QED) is 0.647. The van der Waals surface area contributed by atoms with Gasteiger partial charge in [-0.1, -0.05) is 13.8 Å². The first-order valence-corrected chi connectivity index (χ1v) is 6.61. The highest BCUT2D eigenvalue weighted by Gasteiger charge is 2.15. The maximum atomic E-state index is 5.69. The minimum atomic E-state index is 0.341. The van der Waals surface area contributed by atoms with Crippen LogP contribution in [0.25, 0.3) is 0 Å². The zero-order chi connectivity index (χ0) is 11.8. The van der Waals surface area contributed by atoms with Crippen molar-refractivity contribution < 1.29 is 9.47 Å². The van der Waals surface area contributed by atoms with Crippen LogP contribution in [0, 0.1) is 5.92 Å². The van der Waals surface area contributed by atoms with Crippen LogP contribution in [0.5, 0.6) is 0 Å². The van der Waals surface area contributed by atoms with Gasteiger partial charge in [0.25, 0.3) is 0 Å². The second-order valence-corrected chi connectivity index (χ2v) is 5.18. The molecule has 1 aliphatic rings. The normalized spacial score (nSPS) is 22.9. The number of rotatable bonds is 8. The van der Waals surface area contributed by atoms with Crippen LogP contribution in [0.15, 0.2) is 0 Å². The molecule has 1 fully saturated rings. The van der Waals surface area contributed by atoms with Crippen molar-refractivity contribution in [1.82, 2.24) is 5.32 Å². The molecule has 0 amide bonds. The van der Waals surface area contributed by atoms with Gasteiger partial charge in [-0.25, -0.2) is 0 Å². The number of hydrogen-bond acceptors (Lipinski definition) is 3. The van der Waals surface area contributed by atoms with Gasteiger partial charge in [0.1, 0.15) is 0 Å². The topological polar surface area (TPSA) is 30.5 Å². The Kier molecular flexibility index (Phi) is 7.01. The van der Waals surface area contributed by atoms with E-state index < -0.39 is 0 Å². The number of hydrogen-bond donors (Lipinski definition) is 1. The molecule has 2 atom stereocenters. The van der Waals surface area contributed by atoms with Crippen molar-refractivity contribution in [2.24, 2.45) is 5.92 Å². The Morgan fingerprint density at radius 2 is 2.12 bits per heavy atom. The van der Waals surface area contributed by atoms with E-state index in [0.29, 0.717) is 12.1 Å². The molecule has 16 heavy (non-hydrogen) atoms. The van der Waals surface area contributed by atoms with Gasteiger partial charge >= 0.3 is 0 Å². The van der Waals surface area contributed by atoms with Gasteiger partial charge in [-0.15, -0.1) is 0 Å². The van der Waals surface area contributed by atoms with E-state index in [0.717, 1.165) is 38.7 Å². The molecule has 0 bridgehead atoms. The lowest BCUT2D eigenvalue weighted by Crippen LogP contribution is -2.31. The Balaban J connectivity index is 1.89. The van der Waals surface area contributed by atoms with Crippen LogP contribution < -0.4 is 5.32 Å². The molecule has 0 aromatic heterocycles. The summed E-state index contributed by atoms with van der Waals surface area (Å²) in [7, 11) is 0. The second-order valence-electron chi connectivity index (χ2n) is 5.18. The van der Waals surface area contributed by atoms with Crippen molar-refractivity contribution in [2.75, 3.05) is 26.4 Å². The summed E-state index contributed by atoms with van der Waals surface area (Å²) in [5, 5.41) is 3.50. The molecule has 1 rings (SSSR count). The van der Waals surface area contributed by atoms with Crippen LogP contribution in [0.3, 0.4) is 0 Å². The van der Waals surface area contributed by atoms with E-state index in [1.165, 1.54) is 12.8 Å².